The Morgan fingerprint density at radius 2 is 2.00 bits per heavy atom. The monoisotopic (exact) mass is 254 g/mol. The maximum atomic E-state index is 10.7. The highest BCUT2D eigenvalue weighted by molar-refractivity contribution is 5.63. The third kappa shape index (κ3) is 3.86. The first kappa shape index (κ1) is 14.2. The molecule has 0 saturated carbocycles. The van der Waals surface area contributed by atoms with Gasteiger partial charge in [0.25, 0.3) is 5.69 Å². The topological polar surface area (TPSA) is 113 Å². The number of nitrogens with one attached hydrogen (secondary N) is 2. The molecule has 0 aliphatic carbocycles. The summed E-state index contributed by atoms with van der Waals surface area (Å²) in [5, 5.41) is 23.3. The molecule has 0 spiro atoms. The van der Waals surface area contributed by atoms with Crippen molar-refractivity contribution >= 4 is 17.1 Å². The second-order valence-electron chi connectivity index (χ2n) is 4.36. The fourth-order valence-electron chi connectivity index (χ4n) is 1.36. The van der Waals surface area contributed by atoms with Crippen LogP contribution in [0.15, 0.2) is 18.2 Å². The number of hydrazine groups is 1. The minimum absolute atomic E-state index is 0.0630. The number of non-ortho nitro benzene ring substituents is 1. The number of hydrogen-bond acceptors (Lipinski definition) is 6. The van der Waals surface area contributed by atoms with Crippen LogP contribution in [0, 0.1) is 16.0 Å². The zero-order chi connectivity index (χ0) is 13.7. The van der Waals surface area contributed by atoms with Gasteiger partial charge in [-0.25, -0.2) is 0 Å². The van der Waals surface area contributed by atoms with Gasteiger partial charge in [-0.15, -0.1) is 0 Å². The van der Waals surface area contributed by atoms with E-state index in [9.17, 15) is 15.2 Å². The Kier molecular flexibility index (Phi) is 4.87. The fraction of sp³-hybridized carbons (Fsp3) is 0.455. The van der Waals surface area contributed by atoms with Crippen LogP contribution >= 0.6 is 0 Å². The molecule has 0 aliphatic heterocycles. The lowest BCUT2D eigenvalue weighted by atomic mass is 10.1. The number of anilines is 2. The Labute approximate surface area is 105 Å². The van der Waals surface area contributed by atoms with Crippen molar-refractivity contribution in [3.63, 3.8) is 0 Å². The first-order valence-corrected chi connectivity index (χ1v) is 5.62. The Hall–Kier alpha value is -1.86. The summed E-state index contributed by atoms with van der Waals surface area (Å²) in [5.41, 5.74) is 3.28. The van der Waals surface area contributed by atoms with Crippen LogP contribution in [-0.2, 0) is 0 Å². The Bertz CT molecular complexity index is 423. The number of nitro benzene ring substituents is 1. The van der Waals surface area contributed by atoms with Crippen LogP contribution in [0.4, 0.5) is 17.1 Å². The average molecular weight is 254 g/mol. The predicted molar refractivity (Wildman–Crippen MR) is 70.2 cm³/mol. The van der Waals surface area contributed by atoms with Crippen LogP contribution in [0.2, 0.25) is 0 Å². The molecule has 1 rings (SSSR count). The van der Waals surface area contributed by atoms with Crippen LogP contribution in [0.1, 0.15) is 13.8 Å². The van der Waals surface area contributed by atoms with Gasteiger partial charge in [0.2, 0.25) is 0 Å². The molecule has 5 N–H and O–H groups in total. The third-order valence-corrected chi connectivity index (χ3v) is 2.58. The highest BCUT2D eigenvalue weighted by atomic mass is 16.6. The molecule has 0 radical (unpaired) electrons. The molecule has 1 atom stereocenters. The van der Waals surface area contributed by atoms with E-state index in [-0.39, 0.29) is 11.6 Å². The van der Waals surface area contributed by atoms with E-state index >= 15 is 0 Å². The smallest absolute Gasteiger partial charge is 0.273 e. The molecule has 0 saturated heterocycles. The summed E-state index contributed by atoms with van der Waals surface area (Å²) in [4.78, 5) is 10.2. The van der Waals surface area contributed by atoms with Gasteiger partial charge in [-0.05, 0) is 12.0 Å². The van der Waals surface area contributed by atoms with Crippen molar-refractivity contribution in [1.29, 1.82) is 0 Å². The molecule has 1 unspecified atom stereocenters. The number of aliphatic hydroxyl groups excluding tert-OH is 1. The molecule has 18 heavy (non-hydrogen) atoms. The molecule has 1 aromatic rings. The zero-order valence-electron chi connectivity index (χ0n) is 10.4. The first-order chi connectivity index (χ1) is 8.43. The normalized spacial score (nSPS) is 12.3. The maximum absolute atomic E-state index is 10.7. The van der Waals surface area contributed by atoms with Crippen LogP contribution in [0.5, 0.6) is 0 Å². The summed E-state index contributed by atoms with van der Waals surface area (Å²) in [6.45, 7) is 4.11. The lowest BCUT2D eigenvalue weighted by molar-refractivity contribution is -0.384. The molecule has 0 heterocycles. The summed E-state index contributed by atoms with van der Waals surface area (Å²) in [5.74, 6) is 5.36. The van der Waals surface area contributed by atoms with Gasteiger partial charge < -0.3 is 15.8 Å². The lowest BCUT2D eigenvalue weighted by Gasteiger charge is -2.16. The van der Waals surface area contributed by atoms with E-state index in [2.05, 4.69) is 10.7 Å². The van der Waals surface area contributed by atoms with E-state index in [0.29, 0.717) is 17.9 Å². The number of rotatable bonds is 6. The summed E-state index contributed by atoms with van der Waals surface area (Å²) >= 11 is 0. The molecule has 0 fully saturated rings. The van der Waals surface area contributed by atoms with Crippen molar-refractivity contribution in [2.24, 2.45) is 11.8 Å². The molecular weight excluding hydrogens is 236 g/mol. The maximum Gasteiger partial charge on any atom is 0.273 e. The molecule has 7 nitrogen and oxygen atoms in total. The van der Waals surface area contributed by atoms with Crippen LogP contribution in [-0.4, -0.2) is 22.7 Å². The number of hydrogen-bond donors (Lipinski definition) is 4. The summed E-state index contributed by atoms with van der Waals surface area (Å²) < 4.78 is 0. The van der Waals surface area contributed by atoms with Gasteiger partial charge in [0.1, 0.15) is 0 Å². The standard InChI is InChI=1S/C11H18N4O3/c1-7(2)11(16)6-13-8-3-9(14-12)5-10(4-8)15(17)18/h3-5,7,11,13-14,16H,6,12H2,1-2H3. The van der Waals surface area contributed by atoms with Crippen molar-refractivity contribution in [3.05, 3.63) is 28.3 Å². The van der Waals surface area contributed by atoms with E-state index < -0.39 is 11.0 Å². The van der Waals surface area contributed by atoms with Crippen LogP contribution in [0.3, 0.4) is 0 Å². The van der Waals surface area contributed by atoms with Gasteiger partial charge in [-0.1, -0.05) is 13.8 Å². The first-order valence-electron chi connectivity index (χ1n) is 5.62. The average Bonchev–Trinajstić information content (AvgIpc) is 2.35. The molecular formula is C11H18N4O3. The van der Waals surface area contributed by atoms with E-state index in [0.717, 1.165) is 0 Å². The molecule has 7 heteroatoms. The number of nitrogen functional groups attached to an aromatic ring is 1. The van der Waals surface area contributed by atoms with Gasteiger partial charge in [0.05, 0.1) is 16.7 Å². The fourth-order valence-corrected chi connectivity index (χ4v) is 1.36. The third-order valence-electron chi connectivity index (χ3n) is 2.58. The quantitative estimate of drug-likeness (QED) is 0.346. The largest absolute Gasteiger partial charge is 0.391 e. The minimum atomic E-state index is -0.515. The molecule has 0 bridgehead atoms. The number of nitrogens with zero attached hydrogens (tertiary/aromatic N) is 1. The van der Waals surface area contributed by atoms with Gasteiger partial charge >= 0.3 is 0 Å². The zero-order valence-corrected chi connectivity index (χ0v) is 10.4. The Morgan fingerprint density at radius 1 is 1.39 bits per heavy atom. The van der Waals surface area contributed by atoms with Gasteiger partial charge in [0.15, 0.2) is 0 Å². The number of aliphatic hydroxyl groups is 1. The van der Waals surface area contributed by atoms with Crippen molar-refractivity contribution in [1.82, 2.24) is 0 Å². The highest BCUT2D eigenvalue weighted by Crippen LogP contribution is 2.23. The minimum Gasteiger partial charge on any atom is -0.391 e. The SMILES string of the molecule is CC(C)C(O)CNc1cc(NN)cc([N+](=O)[O-])c1. The predicted octanol–water partition coefficient (Wildman–Crippen LogP) is 1.31. The van der Waals surface area contributed by atoms with Crippen molar-refractivity contribution in [3.8, 4) is 0 Å². The number of nitro groups is 1. The van der Waals surface area contributed by atoms with Crippen LogP contribution < -0.4 is 16.6 Å². The Balaban J connectivity index is 2.81. The highest BCUT2D eigenvalue weighted by Gasteiger charge is 2.12. The molecule has 1 aromatic carbocycles. The van der Waals surface area contributed by atoms with E-state index in [1.54, 1.807) is 6.07 Å². The van der Waals surface area contributed by atoms with Gasteiger partial charge in [-0.3, -0.25) is 16.0 Å². The lowest BCUT2D eigenvalue weighted by Crippen LogP contribution is -2.24. The van der Waals surface area contributed by atoms with E-state index in [4.69, 9.17) is 5.84 Å². The molecule has 0 amide bonds. The summed E-state index contributed by atoms with van der Waals surface area (Å²) in [6.07, 6.45) is -0.515. The van der Waals surface area contributed by atoms with E-state index in [1.165, 1.54) is 12.1 Å². The van der Waals surface area contributed by atoms with Crippen molar-refractivity contribution in [2.45, 2.75) is 20.0 Å². The second-order valence-corrected chi connectivity index (χ2v) is 4.36. The molecule has 100 valence electrons. The molecule has 0 aromatic heterocycles. The second kappa shape index (κ2) is 6.18. The van der Waals surface area contributed by atoms with Crippen LogP contribution in [0.25, 0.3) is 0 Å². The molecule has 0 aliphatic rings. The van der Waals surface area contributed by atoms with Gasteiger partial charge in [-0.2, -0.15) is 0 Å². The Morgan fingerprint density at radius 3 is 2.50 bits per heavy atom. The van der Waals surface area contributed by atoms with Crippen molar-refractivity contribution in [2.75, 3.05) is 17.3 Å². The number of benzene rings is 1. The summed E-state index contributed by atoms with van der Waals surface area (Å²) in [7, 11) is 0. The van der Waals surface area contributed by atoms with Gasteiger partial charge in [0, 0.05) is 24.4 Å². The summed E-state index contributed by atoms with van der Waals surface area (Å²) in [6, 6.07) is 4.37. The van der Waals surface area contributed by atoms with E-state index in [1.807, 2.05) is 13.8 Å². The number of nitrogens with two attached hydrogens (primary N) is 1. The van der Waals surface area contributed by atoms with Crippen molar-refractivity contribution < 1.29 is 10.0 Å².